The molecule has 0 unspecified atom stereocenters. The molecule has 0 saturated carbocycles. The van der Waals surface area contributed by atoms with Crippen molar-refractivity contribution in [3.8, 4) is 5.69 Å². The van der Waals surface area contributed by atoms with Crippen molar-refractivity contribution in [1.82, 2.24) is 9.78 Å². The Hall–Kier alpha value is -1.90. The molecule has 2 aromatic rings. The summed E-state index contributed by atoms with van der Waals surface area (Å²) in [5.74, 6) is 0.171. The SMILES string of the molecule is CCC(=O)c1ccc(-n2nc(C)cc2C)cc1. The van der Waals surface area contributed by atoms with E-state index in [4.69, 9.17) is 0 Å². The first kappa shape index (κ1) is 11.6. The standard InChI is InChI=1S/C14H16N2O/c1-4-14(17)12-5-7-13(8-6-12)16-11(3)9-10(2)15-16/h5-9H,4H2,1-3H3. The minimum Gasteiger partial charge on any atom is -0.294 e. The molecule has 0 radical (unpaired) electrons. The molecular weight excluding hydrogens is 212 g/mol. The molecule has 88 valence electrons. The van der Waals surface area contributed by atoms with Crippen LogP contribution in [0.3, 0.4) is 0 Å². The number of nitrogens with zero attached hydrogens (tertiary/aromatic N) is 2. The monoisotopic (exact) mass is 228 g/mol. The molecule has 0 saturated heterocycles. The first-order valence-electron chi connectivity index (χ1n) is 5.78. The minimum absolute atomic E-state index is 0.171. The number of aryl methyl sites for hydroxylation is 2. The van der Waals surface area contributed by atoms with Crippen molar-refractivity contribution >= 4 is 5.78 Å². The summed E-state index contributed by atoms with van der Waals surface area (Å²) in [6.45, 7) is 5.86. The van der Waals surface area contributed by atoms with Crippen LogP contribution in [0.2, 0.25) is 0 Å². The summed E-state index contributed by atoms with van der Waals surface area (Å²) in [4.78, 5) is 11.5. The van der Waals surface area contributed by atoms with Gasteiger partial charge in [0, 0.05) is 17.7 Å². The molecule has 1 heterocycles. The number of carbonyl (C=O) groups is 1. The van der Waals surface area contributed by atoms with Gasteiger partial charge in [-0.1, -0.05) is 6.92 Å². The van der Waals surface area contributed by atoms with Gasteiger partial charge in [-0.15, -0.1) is 0 Å². The summed E-state index contributed by atoms with van der Waals surface area (Å²) in [5, 5.41) is 4.41. The van der Waals surface area contributed by atoms with Gasteiger partial charge in [-0.3, -0.25) is 4.79 Å². The Bertz CT molecular complexity index is 538. The van der Waals surface area contributed by atoms with Gasteiger partial charge in [-0.05, 0) is 44.2 Å². The minimum atomic E-state index is 0.171. The van der Waals surface area contributed by atoms with Crippen LogP contribution in [-0.4, -0.2) is 15.6 Å². The lowest BCUT2D eigenvalue weighted by atomic mass is 10.1. The van der Waals surface area contributed by atoms with Crippen LogP contribution in [0.1, 0.15) is 35.1 Å². The van der Waals surface area contributed by atoms with Crippen LogP contribution in [0.15, 0.2) is 30.3 Å². The van der Waals surface area contributed by atoms with Gasteiger partial charge in [0.1, 0.15) is 0 Å². The average Bonchev–Trinajstić information content (AvgIpc) is 2.68. The van der Waals surface area contributed by atoms with Crippen LogP contribution in [0, 0.1) is 13.8 Å². The molecule has 0 aliphatic carbocycles. The number of hydrogen-bond donors (Lipinski definition) is 0. The van der Waals surface area contributed by atoms with Gasteiger partial charge in [-0.2, -0.15) is 5.10 Å². The van der Waals surface area contributed by atoms with Crippen molar-refractivity contribution in [1.29, 1.82) is 0 Å². The van der Waals surface area contributed by atoms with E-state index >= 15 is 0 Å². The molecule has 0 bridgehead atoms. The first-order valence-corrected chi connectivity index (χ1v) is 5.78. The van der Waals surface area contributed by atoms with Gasteiger partial charge in [-0.25, -0.2) is 4.68 Å². The largest absolute Gasteiger partial charge is 0.294 e. The van der Waals surface area contributed by atoms with E-state index in [1.54, 1.807) is 0 Å². The van der Waals surface area contributed by atoms with E-state index in [0.717, 1.165) is 22.6 Å². The fourth-order valence-corrected chi connectivity index (χ4v) is 1.88. The predicted molar refractivity (Wildman–Crippen MR) is 67.7 cm³/mol. The molecule has 3 nitrogen and oxygen atoms in total. The number of ketones is 1. The lowest BCUT2D eigenvalue weighted by Crippen LogP contribution is -2.01. The maximum absolute atomic E-state index is 11.5. The highest BCUT2D eigenvalue weighted by Gasteiger charge is 2.06. The molecule has 0 spiro atoms. The highest BCUT2D eigenvalue weighted by atomic mass is 16.1. The zero-order valence-electron chi connectivity index (χ0n) is 10.4. The molecule has 0 N–H and O–H groups in total. The van der Waals surface area contributed by atoms with Gasteiger partial charge < -0.3 is 0 Å². The van der Waals surface area contributed by atoms with Gasteiger partial charge in [0.2, 0.25) is 0 Å². The second kappa shape index (κ2) is 4.53. The van der Waals surface area contributed by atoms with Crippen molar-refractivity contribution < 1.29 is 4.79 Å². The van der Waals surface area contributed by atoms with E-state index in [1.165, 1.54) is 0 Å². The van der Waals surface area contributed by atoms with E-state index in [-0.39, 0.29) is 5.78 Å². The number of rotatable bonds is 3. The third-order valence-corrected chi connectivity index (χ3v) is 2.76. The molecule has 1 aromatic carbocycles. The molecule has 3 heteroatoms. The number of carbonyl (C=O) groups excluding carboxylic acids is 1. The van der Waals surface area contributed by atoms with Crippen molar-refractivity contribution in [3.63, 3.8) is 0 Å². The van der Waals surface area contributed by atoms with Gasteiger partial charge in [0.05, 0.1) is 11.4 Å². The number of hydrogen-bond acceptors (Lipinski definition) is 2. The molecule has 17 heavy (non-hydrogen) atoms. The van der Waals surface area contributed by atoms with Crippen LogP contribution in [0.5, 0.6) is 0 Å². The zero-order chi connectivity index (χ0) is 12.4. The van der Waals surface area contributed by atoms with Crippen LogP contribution in [0.25, 0.3) is 5.69 Å². The molecule has 0 aliphatic heterocycles. The summed E-state index contributed by atoms with van der Waals surface area (Å²) in [5.41, 5.74) is 3.84. The fraction of sp³-hybridized carbons (Fsp3) is 0.286. The van der Waals surface area contributed by atoms with Crippen LogP contribution >= 0.6 is 0 Å². The normalized spacial score (nSPS) is 10.5. The van der Waals surface area contributed by atoms with Crippen LogP contribution in [-0.2, 0) is 0 Å². The van der Waals surface area contributed by atoms with Gasteiger partial charge >= 0.3 is 0 Å². The Morgan fingerprint density at radius 3 is 2.35 bits per heavy atom. The van der Waals surface area contributed by atoms with E-state index in [9.17, 15) is 4.79 Å². The van der Waals surface area contributed by atoms with Gasteiger partial charge in [0.15, 0.2) is 5.78 Å². The summed E-state index contributed by atoms with van der Waals surface area (Å²) >= 11 is 0. The van der Waals surface area contributed by atoms with Crippen LogP contribution < -0.4 is 0 Å². The van der Waals surface area contributed by atoms with E-state index in [1.807, 2.05) is 55.8 Å². The summed E-state index contributed by atoms with van der Waals surface area (Å²) in [6.07, 6.45) is 0.541. The Balaban J connectivity index is 2.35. The van der Waals surface area contributed by atoms with E-state index in [0.29, 0.717) is 6.42 Å². The van der Waals surface area contributed by atoms with Crippen molar-refractivity contribution in [2.75, 3.05) is 0 Å². The van der Waals surface area contributed by atoms with Crippen LogP contribution in [0.4, 0.5) is 0 Å². The maximum atomic E-state index is 11.5. The maximum Gasteiger partial charge on any atom is 0.162 e. The zero-order valence-corrected chi connectivity index (χ0v) is 10.4. The third kappa shape index (κ3) is 2.28. The summed E-state index contributed by atoms with van der Waals surface area (Å²) < 4.78 is 1.88. The van der Waals surface area contributed by atoms with Crippen molar-refractivity contribution in [3.05, 3.63) is 47.3 Å². The van der Waals surface area contributed by atoms with E-state index in [2.05, 4.69) is 5.10 Å². The topological polar surface area (TPSA) is 34.9 Å². The quantitative estimate of drug-likeness (QED) is 0.757. The van der Waals surface area contributed by atoms with Crippen molar-refractivity contribution in [2.45, 2.75) is 27.2 Å². The smallest absolute Gasteiger partial charge is 0.162 e. The molecule has 0 amide bonds. The summed E-state index contributed by atoms with van der Waals surface area (Å²) in [7, 11) is 0. The van der Waals surface area contributed by atoms with E-state index < -0.39 is 0 Å². The Kier molecular flexibility index (Phi) is 3.09. The average molecular weight is 228 g/mol. The highest BCUT2D eigenvalue weighted by Crippen LogP contribution is 2.13. The number of Topliss-reactive ketones (excluding diaryl/α,β-unsaturated/α-hetero) is 1. The second-order valence-electron chi connectivity index (χ2n) is 4.16. The lowest BCUT2D eigenvalue weighted by Gasteiger charge is -2.05. The Labute approximate surface area is 101 Å². The molecular formula is C14H16N2O. The Morgan fingerprint density at radius 2 is 1.88 bits per heavy atom. The third-order valence-electron chi connectivity index (χ3n) is 2.76. The van der Waals surface area contributed by atoms with Gasteiger partial charge in [0.25, 0.3) is 0 Å². The molecule has 2 rings (SSSR count). The molecule has 0 atom stereocenters. The first-order chi connectivity index (χ1) is 8.11. The fourth-order valence-electron chi connectivity index (χ4n) is 1.88. The number of aromatic nitrogens is 2. The molecule has 0 fully saturated rings. The predicted octanol–water partition coefficient (Wildman–Crippen LogP) is 3.08. The molecule has 0 aliphatic rings. The second-order valence-corrected chi connectivity index (χ2v) is 4.16. The van der Waals surface area contributed by atoms with Crippen molar-refractivity contribution in [2.24, 2.45) is 0 Å². The molecule has 1 aromatic heterocycles. The highest BCUT2D eigenvalue weighted by molar-refractivity contribution is 5.95. The number of benzene rings is 1. The Morgan fingerprint density at radius 1 is 1.24 bits per heavy atom. The summed E-state index contributed by atoms with van der Waals surface area (Å²) in [6, 6.07) is 9.62. The lowest BCUT2D eigenvalue weighted by molar-refractivity contribution is 0.0988.